The minimum Gasteiger partial charge on any atom is -0.324 e. The molecule has 2 rings (SSSR count). The predicted molar refractivity (Wildman–Crippen MR) is 74.0 cm³/mol. The highest BCUT2D eigenvalue weighted by Crippen LogP contribution is 2.22. The van der Waals surface area contributed by atoms with E-state index in [0.29, 0.717) is 11.4 Å². The molecule has 0 radical (unpaired) electrons. The van der Waals surface area contributed by atoms with Gasteiger partial charge in [-0.15, -0.1) is 0 Å². The number of pyridine rings is 1. The monoisotopic (exact) mass is 310 g/mol. The minimum atomic E-state index is -0.0528. The van der Waals surface area contributed by atoms with Crippen molar-refractivity contribution in [3.8, 4) is 0 Å². The topological polar surface area (TPSA) is 38.9 Å². The van der Waals surface area contributed by atoms with Gasteiger partial charge in [0.05, 0.1) is 5.02 Å². The largest absolute Gasteiger partial charge is 0.324 e. The van der Waals surface area contributed by atoms with Crippen molar-refractivity contribution in [1.29, 1.82) is 0 Å². The summed E-state index contributed by atoms with van der Waals surface area (Å²) < 4.78 is 1.05. The summed E-state index contributed by atoms with van der Waals surface area (Å²) in [5.41, 5.74) is 8.27. The quantitative estimate of drug-likeness (QED) is 0.938. The minimum absolute atomic E-state index is 0.0528. The zero-order valence-electron chi connectivity index (χ0n) is 9.11. The molecule has 0 amide bonds. The van der Waals surface area contributed by atoms with Crippen LogP contribution in [0.15, 0.2) is 47.2 Å². The molecular weight excluding hydrogens is 300 g/mol. The molecule has 0 aliphatic carbocycles. The average molecular weight is 312 g/mol. The molecule has 1 unspecified atom stereocenters. The first-order valence-electron chi connectivity index (χ1n) is 5.26. The maximum absolute atomic E-state index is 6.15. The molecule has 0 bridgehead atoms. The van der Waals surface area contributed by atoms with Crippen LogP contribution in [0.3, 0.4) is 0 Å². The summed E-state index contributed by atoms with van der Waals surface area (Å²) in [4.78, 5) is 3.96. The van der Waals surface area contributed by atoms with Crippen LogP contribution in [0, 0.1) is 0 Å². The second-order valence-electron chi connectivity index (χ2n) is 3.83. The number of rotatable bonds is 3. The molecule has 0 spiro atoms. The van der Waals surface area contributed by atoms with Gasteiger partial charge >= 0.3 is 0 Å². The van der Waals surface area contributed by atoms with Gasteiger partial charge in [0, 0.05) is 22.9 Å². The highest BCUT2D eigenvalue weighted by Gasteiger charge is 2.09. The average Bonchev–Trinajstić information content (AvgIpc) is 2.33. The number of nitrogens with two attached hydrogens (primary N) is 1. The summed E-state index contributed by atoms with van der Waals surface area (Å²) in [5.74, 6) is 0. The Balaban J connectivity index is 2.14. The molecule has 2 N–H and O–H groups in total. The third kappa shape index (κ3) is 3.28. The summed E-state index contributed by atoms with van der Waals surface area (Å²) >= 11 is 9.46. The van der Waals surface area contributed by atoms with E-state index in [2.05, 4.69) is 20.9 Å². The van der Waals surface area contributed by atoms with E-state index >= 15 is 0 Å². The molecule has 2 nitrogen and oxygen atoms in total. The van der Waals surface area contributed by atoms with E-state index in [1.807, 2.05) is 30.3 Å². The van der Waals surface area contributed by atoms with Crippen molar-refractivity contribution in [2.45, 2.75) is 12.5 Å². The van der Waals surface area contributed by atoms with Gasteiger partial charge in [-0.05, 0) is 35.7 Å². The molecule has 0 aliphatic rings. The number of aromatic nitrogens is 1. The number of hydrogen-bond donors (Lipinski definition) is 1. The number of benzene rings is 1. The fourth-order valence-electron chi connectivity index (χ4n) is 1.63. The Morgan fingerprint density at radius 2 is 1.94 bits per heavy atom. The van der Waals surface area contributed by atoms with Crippen molar-refractivity contribution in [1.82, 2.24) is 4.98 Å². The number of hydrogen-bond acceptors (Lipinski definition) is 2. The van der Waals surface area contributed by atoms with Crippen molar-refractivity contribution in [3.63, 3.8) is 0 Å². The van der Waals surface area contributed by atoms with Crippen molar-refractivity contribution in [2.75, 3.05) is 0 Å². The molecule has 0 saturated carbocycles. The molecule has 4 heteroatoms. The Kier molecular flexibility index (Phi) is 4.15. The van der Waals surface area contributed by atoms with E-state index in [0.717, 1.165) is 15.6 Å². The second kappa shape index (κ2) is 5.63. The van der Waals surface area contributed by atoms with Crippen LogP contribution in [0.4, 0.5) is 0 Å². The molecular formula is C13H12BrClN2. The van der Waals surface area contributed by atoms with Crippen LogP contribution in [0.25, 0.3) is 0 Å². The van der Waals surface area contributed by atoms with E-state index in [4.69, 9.17) is 17.3 Å². The van der Waals surface area contributed by atoms with Gasteiger partial charge in [-0.2, -0.15) is 0 Å². The van der Waals surface area contributed by atoms with E-state index in [-0.39, 0.29) is 6.04 Å². The predicted octanol–water partition coefficient (Wildman–Crippen LogP) is 3.74. The van der Waals surface area contributed by atoms with Crippen LogP contribution in [-0.4, -0.2) is 4.98 Å². The summed E-state index contributed by atoms with van der Waals surface area (Å²) in [5, 5.41) is 0.667. The smallest absolute Gasteiger partial charge is 0.0622 e. The molecule has 1 heterocycles. The van der Waals surface area contributed by atoms with Gasteiger partial charge in [-0.3, -0.25) is 4.98 Å². The fraction of sp³-hybridized carbons (Fsp3) is 0.154. The van der Waals surface area contributed by atoms with Gasteiger partial charge in [0.25, 0.3) is 0 Å². The summed E-state index contributed by atoms with van der Waals surface area (Å²) in [6.07, 6.45) is 4.09. The Bertz CT molecular complexity index is 499. The summed E-state index contributed by atoms with van der Waals surface area (Å²) in [6.45, 7) is 0. The van der Waals surface area contributed by atoms with E-state index in [1.54, 1.807) is 12.4 Å². The SMILES string of the molecule is NC(Cc1ccncc1Cl)c1ccc(Br)cc1. The zero-order chi connectivity index (χ0) is 12.3. The van der Waals surface area contributed by atoms with Crippen LogP contribution in [-0.2, 0) is 6.42 Å². The first-order chi connectivity index (χ1) is 8.16. The third-order valence-electron chi connectivity index (χ3n) is 2.59. The first-order valence-corrected chi connectivity index (χ1v) is 6.43. The van der Waals surface area contributed by atoms with E-state index in [1.165, 1.54) is 0 Å². The molecule has 17 heavy (non-hydrogen) atoms. The van der Waals surface area contributed by atoms with Crippen molar-refractivity contribution in [2.24, 2.45) is 5.73 Å². The summed E-state index contributed by atoms with van der Waals surface area (Å²) in [6, 6.07) is 9.87. The standard InChI is InChI=1S/C13H12BrClN2/c14-11-3-1-9(2-4-11)13(16)7-10-5-6-17-8-12(10)15/h1-6,8,13H,7,16H2. The van der Waals surface area contributed by atoms with Crippen molar-refractivity contribution >= 4 is 27.5 Å². The lowest BCUT2D eigenvalue weighted by molar-refractivity contribution is 0.721. The van der Waals surface area contributed by atoms with E-state index < -0.39 is 0 Å². The van der Waals surface area contributed by atoms with Gasteiger partial charge in [0.1, 0.15) is 0 Å². The van der Waals surface area contributed by atoms with Crippen LogP contribution >= 0.6 is 27.5 Å². The Labute approximate surface area is 114 Å². The lowest BCUT2D eigenvalue weighted by Gasteiger charge is -2.13. The molecule has 0 saturated heterocycles. The summed E-state index contributed by atoms with van der Waals surface area (Å²) in [7, 11) is 0. The van der Waals surface area contributed by atoms with Gasteiger partial charge in [-0.25, -0.2) is 0 Å². The Morgan fingerprint density at radius 1 is 1.24 bits per heavy atom. The van der Waals surface area contributed by atoms with Crippen LogP contribution in [0.1, 0.15) is 17.2 Å². The lowest BCUT2D eigenvalue weighted by atomic mass is 10.0. The Hall–Kier alpha value is -0.900. The van der Waals surface area contributed by atoms with Gasteiger partial charge in [0.15, 0.2) is 0 Å². The van der Waals surface area contributed by atoms with E-state index in [9.17, 15) is 0 Å². The highest BCUT2D eigenvalue weighted by atomic mass is 79.9. The lowest BCUT2D eigenvalue weighted by Crippen LogP contribution is -2.13. The Morgan fingerprint density at radius 3 is 2.59 bits per heavy atom. The van der Waals surface area contributed by atoms with Crippen LogP contribution in [0.2, 0.25) is 5.02 Å². The molecule has 1 aromatic heterocycles. The van der Waals surface area contributed by atoms with Gasteiger partial charge in [0.2, 0.25) is 0 Å². The normalized spacial score (nSPS) is 12.4. The fourth-order valence-corrected chi connectivity index (χ4v) is 2.10. The molecule has 1 atom stereocenters. The van der Waals surface area contributed by atoms with Crippen molar-refractivity contribution in [3.05, 3.63) is 63.3 Å². The molecule has 0 aliphatic heterocycles. The molecule has 0 fully saturated rings. The third-order valence-corrected chi connectivity index (χ3v) is 3.46. The number of nitrogens with zero attached hydrogens (tertiary/aromatic N) is 1. The number of halogens is 2. The van der Waals surface area contributed by atoms with Crippen LogP contribution in [0.5, 0.6) is 0 Å². The first kappa shape index (κ1) is 12.6. The zero-order valence-corrected chi connectivity index (χ0v) is 11.4. The van der Waals surface area contributed by atoms with Gasteiger partial charge < -0.3 is 5.73 Å². The van der Waals surface area contributed by atoms with Crippen molar-refractivity contribution < 1.29 is 0 Å². The molecule has 2 aromatic rings. The second-order valence-corrected chi connectivity index (χ2v) is 5.15. The van der Waals surface area contributed by atoms with Crippen LogP contribution < -0.4 is 5.73 Å². The van der Waals surface area contributed by atoms with Gasteiger partial charge in [-0.1, -0.05) is 39.7 Å². The highest BCUT2D eigenvalue weighted by molar-refractivity contribution is 9.10. The maximum Gasteiger partial charge on any atom is 0.0622 e. The molecule has 1 aromatic carbocycles. The molecule has 88 valence electrons. The maximum atomic E-state index is 6.15.